The first-order valence-electron chi connectivity index (χ1n) is 8.83. The van der Waals surface area contributed by atoms with Gasteiger partial charge in [-0.1, -0.05) is 44.2 Å². The molecular formula is C20H26N2O4S. The number of carbonyl (C=O) groups is 1. The number of hydrogen-bond donors (Lipinski definition) is 1. The highest BCUT2D eigenvalue weighted by Crippen LogP contribution is 2.33. The Labute approximate surface area is 161 Å². The van der Waals surface area contributed by atoms with Crippen molar-refractivity contribution >= 4 is 21.6 Å². The molecule has 0 spiro atoms. The van der Waals surface area contributed by atoms with E-state index >= 15 is 0 Å². The third kappa shape index (κ3) is 6.60. The van der Waals surface area contributed by atoms with E-state index in [1.165, 1.54) is 0 Å². The third-order valence-corrected chi connectivity index (χ3v) is 4.96. The van der Waals surface area contributed by atoms with E-state index in [-0.39, 0.29) is 12.5 Å². The predicted octanol–water partition coefficient (Wildman–Crippen LogP) is 3.41. The quantitative estimate of drug-likeness (QED) is 0.712. The lowest BCUT2D eigenvalue weighted by Crippen LogP contribution is -2.41. The number of anilines is 1. The fraction of sp³-hybridized carbons (Fsp3) is 0.350. The Morgan fingerprint density at radius 2 is 1.70 bits per heavy atom. The van der Waals surface area contributed by atoms with Gasteiger partial charge in [-0.05, 0) is 36.6 Å². The molecule has 146 valence electrons. The maximum Gasteiger partial charge on any atom is 0.240 e. The zero-order valence-corrected chi connectivity index (χ0v) is 16.7. The van der Waals surface area contributed by atoms with Gasteiger partial charge in [0.1, 0.15) is 12.3 Å². The molecule has 0 heterocycles. The SMILES string of the molecule is CC(C)CCNC(=O)CN(c1ccccc1Oc1ccccc1)S(C)(=O)=O. The van der Waals surface area contributed by atoms with Gasteiger partial charge in [0.05, 0.1) is 11.9 Å². The fourth-order valence-corrected chi connectivity index (χ4v) is 3.29. The van der Waals surface area contributed by atoms with Crippen LogP contribution in [0.2, 0.25) is 0 Å². The van der Waals surface area contributed by atoms with Crippen molar-refractivity contribution in [1.82, 2.24) is 5.32 Å². The monoisotopic (exact) mass is 390 g/mol. The Hall–Kier alpha value is -2.54. The van der Waals surface area contributed by atoms with E-state index in [1.807, 2.05) is 18.2 Å². The summed E-state index contributed by atoms with van der Waals surface area (Å²) in [6.45, 7) is 4.33. The van der Waals surface area contributed by atoms with Crippen molar-refractivity contribution in [3.05, 3.63) is 54.6 Å². The number of benzene rings is 2. The largest absolute Gasteiger partial charge is 0.455 e. The minimum atomic E-state index is -3.68. The van der Waals surface area contributed by atoms with Crippen molar-refractivity contribution in [3.63, 3.8) is 0 Å². The van der Waals surface area contributed by atoms with Crippen LogP contribution in [0.1, 0.15) is 20.3 Å². The van der Waals surface area contributed by atoms with Gasteiger partial charge in [-0.2, -0.15) is 0 Å². The molecule has 0 fully saturated rings. The van der Waals surface area contributed by atoms with Gasteiger partial charge in [-0.3, -0.25) is 9.10 Å². The van der Waals surface area contributed by atoms with Gasteiger partial charge in [0.2, 0.25) is 15.9 Å². The number of hydrogen-bond acceptors (Lipinski definition) is 4. The highest BCUT2D eigenvalue weighted by molar-refractivity contribution is 7.92. The number of carbonyl (C=O) groups excluding carboxylic acids is 1. The van der Waals surface area contributed by atoms with Crippen molar-refractivity contribution in [3.8, 4) is 11.5 Å². The molecule has 0 aliphatic rings. The van der Waals surface area contributed by atoms with E-state index in [0.29, 0.717) is 29.6 Å². The first-order valence-corrected chi connectivity index (χ1v) is 10.7. The number of para-hydroxylation sites is 3. The zero-order chi connectivity index (χ0) is 19.9. The number of amides is 1. The van der Waals surface area contributed by atoms with Gasteiger partial charge in [-0.15, -0.1) is 0 Å². The summed E-state index contributed by atoms with van der Waals surface area (Å²) in [5.74, 6) is 1.05. The molecular weight excluding hydrogens is 364 g/mol. The molecule has 2 aromatic carbocycles. The van der Waals surface area contributed by atoms with Gasteiger partial charge in [0, 0.05) is 6.54 Å². The molecule has 0 aliphatic carbocycles. The first kappa shape index (κ1) is 20.8. The highest BCUT2D eigenvalue weighted by atomic mass is 32.2. The van der Waals surface area contributed by atoms with Crippen molar-refractivity contribution in [2.45, 2.75) is 20.3 Å². The van der Waals surface area contributed by atoms with Crippen LogP contribution in [-0.2, 0) is 14.8 Å². The van der Waals surface area contributed by atoms with E-state index in [9.17, 15) is 13.2 Å². The summed E-state index contributed by atoms with van der Waals surface area (Å²) in [5.41, 5.74) is 0.322. The van der Waals surface area contributed by atoms with Crippen LogP contribution in [0.15, 0.2) is 54.6 Å². The van der Waals surface area contributed by atoms with Crippen LogP contribution in [-0.4, -0.2) is 33.7 Å². The van der Waals surface area contributed by atoms with Crippen molar-refractivity contribution in [2.24, 2.45) is 5.92 Å². The van der Waals surface area contributed by atoms with Crippen molar-refractivity contribution in [1.29, 1.82) is 0 Å². The summed E-state index contributed by atoms with van der Waals surface area (Å²) in [6.07, 6.45) is 1.91. The number of sulfonamides is 1. The molecule has 0 bridgehead atoms. The van der Waals surface area contributed by atoms with Crippen LogP contribution >= 0.6 is 0 Å². The standard InChI is InChI=1S/C20H26N2O4S/c1-16(2)13-14-21-20(23)15-22(27(3,24)25)18-11-7-8-12-19(18)26-17-9-5-4-6-10-17/h4-12,16H,13-15H2,1-3H3,(H,21,23). The van der Waals surface area contributed by atoms with Crippen LogP contribution < -0.4 is 14.4 Å². The van der Waals surface area contributed by atoms with Crippen LogP contribution in [0.3, 0.4) is 0 Å². The number of ether oxygens (including phenoxy) is 1. The van der Waals surface area contributed by atoms with E-state index in [2.05, 4.69) is 19.2 Å². The van der Waals surface area contributed by atoms with Crippen LogP contribution in [0.25, 0.3) is 0 Å². The average molecular weight is 391 g/mol. The summed E-state index contributed by atoms with van der Waals surface area (Å²) >= 11 is 0. The molecule has 1 N–H and O–H groups in total. The molecule has 27 heavy (non-hydrogen) atoms. The minimum Gasteiger partial charge on any atom is -0.455 e. The summed E-state index contributed by atoms with van der Waals surface area (Å²) in [5, 5.41) is 2.77. The molecule has 1 amide bonds. The van der Waals surface area contributed by atoms with E-state index in [4.69, 9.17) is 4.74 Å². The zero-order valence-electron chi connectivity index (χ0n) is 15.9. The highest BCUT2D eigenvalue weighted by Gasteiger charge is 2.24. The summed E-state index contributed by atoms with van der Waals surface area (Å²) in [6, 6.07) is 15.8. The minimum absolute atomic E-state index is 0.300. The van der Waals surface area contributed by atoms with Crippen LogP contribution in [0, 0.1) is 5.92 Å². The Bertz CT molecular complexity index is 851. The summed E-state index contributed by atoms with van der Waals surface area (Å²) in [7, 11) is -3.68. The average Bonchev–Trinajstić information content (AvgIpc) is 2.60. The molecule has 0 atom stereocenters. The number of nitrogens with one attached hydrogen (secondary N) is 1. The van der Waals surface area contributed by atoms with E-state index in [0.717, 1.165) is 17.0 Å². The Morgan fingerprint density at radius 3 is 2.33 bits per heavy atom. The lowest BCUT2D eigenvalue weighted by Gasteiger charge is -2.24. The first-order chi connectivity index (χ1) is 12.8. The predicted molar refractivity (Wildman–Crippen MR) is 108 cm³/mol. The molecule has 2 rings (SSSR count). The summed E-state index contributed by atoms with van der Waals surface area (Å²) in [4.78, 5) is 12.3. The van der Waals surface area contributed by atoms with Crippen molar-refractivity contribution < 1.29 is 17.9 Å². The second-order valence-corrected chi connectivity index (χ2v) is 8.59. The Balaban J connectivity index is 2.23. The lowest BCUT2D eigenvalue weighted by molar-refractivity contribution is -0.119. The third-order valence-electron chi connectivity index (χ3n) is 3.84. The smallest absolute Gasteiger partial charge is 0.240 e. The normalized spacial score (nSPS) is 11.3. The van der Waals surface area contributed by atoms with Crippen LogP contribution in [0.5, 0.6) is 11.5 Å². The van der Waals surface area contributed by atoms with Gasteiger partial charge < -0.3 is 10.1 Å². The molecule has 0 unspecified atom stereocenters. The second-order valence-electron chi connectivity index (χ2n) is 6.68. The molecule has 2 aromatic rings. The molecule has 0 saturated heterocycles. The van der Waals surface area contributed by atoms with Gasteiger partial charge in [0.25, 0.3) is 0 Å². The van der Waals surface area contributed by atoms with Crippen molar-refractivity contribution in [2.75, 3.05) is 23.7 Å². The Kier molecular flexibility index (Phi) is 7.24. The molecule has 0 radical (unpaired) electrons. The molecule has 0 aromatic heterocycles. The summed E-state index contributed by atoms with van der Waals surface area (Å²) < 4.78 is 31.6. The van der Waals surface area contributed by atoms with E-state index in [1.54, 1.807) is 36.4 Å². The second kappa shape index (κ2) is 9.41. The Morgan fingerprint density at radius 1 is 1.07 bits per heavy atom. The van der Waals surface area contributed by atoms with Gasteiger partial charge in [-0.25, -0.2) is 8.42 Å². The molecule has 0 aliphatic heterocycles. The molecule has 0 saturated carbocycles. The molecule has 7 heteroatoms. The molecule has 6 nitrogen and oxygen atoms in total. The lowest BCUT2D eigenvalue weighted by atomic mass is 10.1. The number of rotatable bonds is 9. The topological polar surface area (TPSA) is 75.7 Å². The van der Waals surface area contributed by atoms with Gasteiger partial charge in [0.15, 0.2) is 5.75 Å². The fourth-order valence-electron chi connectivity index (χ4n) is 2.43. The van der Waals surface area contributed by atoms with Gasteiger partial charge >= 0.3 is 0 Å². The van der Waals surface area contributed by atoms with E-state index < -0.39 is 10.0 Å². The van der Waals surface area contributed by atoms with Crippen LogP contribution in [0.4, 0.5) is 5.69 Å². The maximum atomic E-state index is 12.3. The number of nitrogens with zero attached hydrogens (tertiary/aromatic N) is 1. The maximum absolute atomic E-state index is 12.3.